The van der Waals surface area contributed by atoms with Crippen LogP contribution < -0.4 is 5.32 Å². The molecule has 0 aliphatic carbocycles. The van der Waals surface area contributed by atoms with Crippen molar-refractivity contribution in [1.29, 1.82) is 0 Å². The predicted molar refractivity (Wildman–Crippen MR) is 51.6 cm³/mol. The Morgan fingerprint density at radius 3 is 2.18 bits per heavy atom. The average Bonchev–Trinajstić information content (AvgIpc) is 2.25. The first-order valence-corrected chi connectivity index (χ1v) is 4.72. The number of aliphatic carboxylic acids is 1. The topological polar surface area (TPSA) is 49.3 Å². The van der Waals surface area contributed by atoms with Gasteiger partial charge in [0.05, 0.1) is 0 Å². The summed E-state index contributed by atoms with van der Waals surface area (Å²) >= 11 is 0. The lowest BCUT2D eigenvalue weighted by molar-refractivity contribution is -0.137. The summed E-state index contributed by atoms with van der Waals surface area (Å²) in [5.74, 6) is -7.15. The van der Waals surface area contributed by atoms with Crippen LogP contribution in [0.3, 0.4) is 0 Å². The van der Waals surface area contributed by atoms with Gasteiger partial charge < -0.3 is 10.4 Å². The van der Waals surface area contributed by atoms with Crippen molar-refractivity contribution in [3.05, 3.63) is 29.3 Å². The molecule has 0 saturated carbocycles. The summed E-state index contributed by atoms with van der Waals surface area (Å²) in [5.41, 5.74) is -0.923. The molecule has 2 N–H and O–H groups in total. The van der Waals surface area contributed by atoms with Gasteiger partial charge in [-0.3, -0.25) is 4.79 Å². The maximum atomic E-state index is 13.1. The summed E-state index contributed by atoms with van der Waals surface area (Å²) < 4.78 is 51.6. The molecule has 0 fully saturated rings. The molecule has 0 unspecified atom stereocenters. The highest BCUT2D eigenvalue weighted by Gasteiger charge is 2.18. The van der Waals surface area contributed by atoms with E-state index in [4.69, 9.17) is 5.11 Å². The van der Waals surface area contributed by atoms with Crippen LogP contribution in [0.5, 0.6) is 0 Å². The minimum absolute atomic E-state index is 0.0757. The molecule has 3 nitrogen and oxygen atoms in total. The van der Waals surface area contributed by atoms with Crippen LogP contribution in [0.15, 0.2) is 6.07 Å². The SMILES string of the molecule is O=C(O)CCCNc1c(F)c(F)cc(F)c1F. The number of anilines is 1. The molecule has 0 radical (unpaired) electrons. The van der Waals surface area contributed by atoms with E-state index in [0.717, 1.165) is 0 Å². The van der Waals surface area contributed by atoms with Crippen LogP contribution in [-0.2, 0) is 4.79 Å². The fraction of sp³-hybridized carbons (Fsp3) is 0.300. The summed E-state index contributed by atoms with van der Waals surface area (Å²) in [6.45, 7) is -0.108. The number of rotatable bonds is 5. The Hall–Kier alpha value is -1.79. The molecule has 1 rings (SSSR count). The first-order chi connectivity index (χ1) is 7.93. The van der Waals surface area contributed by atoms with Crippen molar-refractivity contribution in [1.82, 2.24) is 0 Å². The second-order valence-corrected chi connectivity index (χ2v) is 3.27. The Bertz CT molecular complexity index is 411. The number of hydrogen-bond acceptors (Lipinski definition) is 2. The van der Waals surface area contributed by atoms with Crippen molar-refractivity contribution in [3.63, 3.8) is 0 Å². The Kier molecular flexibility index (Phi) is 4.30. The number of carboxylic acid groups (broad SMARTS) is 1. The molecular formula is C10H9F4NO2. The van der Waals surface area contributed by atoms with E-state index in [1.807, 2.05) is 0 Å². The molecule has 17 heavy (non-hydrogen) atoms. The third-order valence-corrected chi connectivity index (χ3v) is 1.98. The van der Waals surface area contributed by atoms with Gasteiger partial charge in [0.25, 0.3) is 0 Å². The number of carboxylic acids is 1. The minimum atomic E-state index is -1.53. The molecule has 0 aliphatic rings. The van der Waals surface area contributed by atoms with Crippen molar-refractivity contribution in [2.75, 3.05) is 11.9 Å². The zero-order valence-electron chi connectivity index (χ0n) is 8.57. The van der Waals surface area contributed by atoms with E-state index in [0.29, 0.717) is 0 Å². The molecular weight excluding hydrogens is 242 g/mol. The maximum Gasteiger partial charge on any atom is 0.303 e. The first-order valence-electron chi connectivity index (χ1n) is 4.72. The van der Waals surface area contributed by atoms with E-state index >= 15 is 0 Å². The highest BCUT2D eigenvalue weighted by molar-refractivity contribution is 5.66. The van der Waals surface area contributed by atoms with Crippen LogP contribution in [0, 0.1) is 23.3 Å². The van der Waals surface area contributed by atoms with Crippen molar-refractivity contribution < 1.29 is 27.5 Å². The summed E-state index contributed by atoms with van der Waals surface area (Å²) in [4.78, 5) is 10.2. The Morgan fingerprint density at radius 2 is 1.71 bits per heavy atom. The number of hydrogen-bond donors (Lipinski definition) is 2. The highest BCUT2D eigenvalue weighted by atomic mass is 19.2. The molecule has 1 aromatic rings. The fourth-order valence-electron chi connectivity index (χ4n) is 1.18. The third-order valence-electron chi connectivity index (χ3n) is 1.98. The van der Waals surface area contributed by atoms with Gasteiger partial charge in [-0.2, -0.15) is 0 Å². The zero-order valence-corrected chi connectivity index (χ0v) is 8.57. The maximum absolute atomic E-state index is 13.1. The van der Waals surface area contributed by atoms with E-state index in [1.165, 1.54) is 0 Å². The van der Waals surface area contributed by atoms with E-state index in [1.54, 1.807) is 0 Å². The average molecular weight is 251 g/mol. The number of benzene rings is 1. The van der Waals surface area contributed by atoms with Gasteiger partial charge in [-0.05, 0) is 6.42 Å². The summed E-state index contributed by atoms with van der Waals surface area (Å²) in [6.07, 6.45) is -0.139. The van der Waals surface area contributed by atoms with E-state index in [2.05, 4.69) is 5.32 Å². The van der Waals surface area contributed by atoms with E-state index in [9.17, 15) is 22.4 Å². The van der Waals surface area contributed by atoms with E-state index < -0.39 is 34.9 Å². The van der Waals surface area contributed by atoms with Crippen LogP contribution in [0.25, 0.3) is 0 Å². The molecule has 0 spiro atoms. The second kappa shape index (κ2) is 5.51. The molecule has 0 amide bonds. The summed E-state index contributed by atoms with van der Waals surface area (Å²) in [6, 6.07) is 0.104. The molecule has 0 heterocycles. The molecule has 94 valence electrons. The lowest BCUT2D eigenvalue weighted by atomic mass is 10.2. The normalized spacial score (nSPS) is 10.4. The molecule has 0 saturated heterocycles. The first kappa shape index (κ1) is 13.3. The van der Waals surface area contributed by atoms with Crippen molar-refractivity contribution in [3.8, 4) is 0 Å². The Morgan fingerprint density at radius 1 is 1.18 bits per heavy atom. The van der Waals surface area contributed by atoms with Crippen LogP contribution in [0.4, 0.5) is 23.2 Å². The lowest BCUT2D eigenvalue weighted by Crippen LogP contribution is -2.10. The standard InChI is InChI=1S/C10H9F4NO2/c11-5-4-6(12)9(14)10(8(5)13)15-3-1-2-7(16)17/h4,15H,1-3H2,(H,16,17). The van der Waals surface area contributed by atoms with Gasteiger partial charge in [-0.15, -0.1) is 0 Å². The van der Waals surface area contributed by atoms with Crippen LogP contribution in [-0.4, -0.2) is 17.6 Å². The summed E-state index contributed by atoms with van der Waals surface area (Å²) in [5, 5.41) is 10.4. The van der Waals surface area contributed by atoms with Gasteiger partial charge in [0.2, 0.25) is 0 Å². The van der Waals surface area contributed by atoms with Crippen LogP contribution >= 0.6 is 0 Å². The van der Waals surface area contributed by atoms with Gasteiger partial charge in [0, 0.05) is 19.0 Å². The molecule has 1 aromatic carbocycles. The number of carbonyl (C=O) groups is 1. The number of halogens is 4. The predicted octanol–water partition coefficient (Wildman–Crippen LogP) is 2.52. The lowest BCUT2D eigenvalue weighted by Gasteiger charge is -2.09. The monoisotopic (exact) mass is 251 g/mol. The highest BCUT2D eigenvalue weighted by Crippen LogP contribution is 2.23. The van der Waals surface area contributed by atoms with Crippen LogP contribution in [0.1, 0.15) is 12.8 Å². The second-order valence-electron chi connectivity index (χ2n) is 3.27. The fourth-order valence-corrected chi connectivity index (χ4v) is 1.18. The van der Waals surface area contributed by atoms with Crippen molar-refractivity contribution in [2.45, 2.75) is 12.8 Å². The van der Waals surface area contributed by atoms with Gasteiger partial charge in [0.1, 0.15) is 5.69 Å². The Balaban J connectivity index is 2.73. The van der Waals surface area contributed by atoms with Gasteiger partial charge in [-0.25, -0.2) is 17.6 Å². The zero-order chi connectivity index (χ0) is 13.0. The molecule has 0 atom stereocenters. The third kappa shape index (κ3) is 3.33. The molecule has 0 aliphatic heterocycles. The van der Waals surface area contributed by atoms with Crippen LogP contribution in [0.2, 0.25) is 0 Å². The summed E-state index contributed by atoms with van der Waals surface area (Å²) in [7, 11) is 0. The molecule has 7 heteroatoms. The quantitative estimate of drug-likeness (QED) is 0.480. The number of nitrogens with one attached hydrogen (secondary N) is 1. The smallest absolute Gasteiger partial charge is 0.303 e. The molecule has 0 bridgehead atoms. The largest absolute Gasteiger partial charge is 0.481 e. The van der Waals surface area contributed by atoms with Crippen molar-refractivity contribution in [2.24, 2.45) is 0 Å². The van der Waals surface area contributed by atoms with Gasteiger partial charge >= 0.3 is 5.97 Å². The Labute approximate surface area is 94.1 Å². The molecule has 0 aromatic heterocycles. The minimum Gasteiger partial charge on any atom is -0.481 e. The van der Waals surface area contributed by atoms with Gasteiger partial charge in [-0.1, -0.05) is 0 Å². The van der Waals surface area contributed by atoms with Gasteiger partial charge in [0.15, 0.2) is 23.3 Å². The van der Waals surface area contributed by atoms with Crippen molar-refractivity contribution >= 4 is 11.7 Å². The van der Waals surface area contributed by atoms with E-state index in [-0.39, 0.29) is 25.5 Å².